The van der Waals surface area contributed by atoms with Crippen LogP contribution in [0.3, 0.4) is 0 Å². The largest absolute Gasteiger partial charge is 0.482 e. The van der Waals surface area contributed by atoms with Crippen molar-refractivity contribution < 1.29 is 4.74 Å². The topological polar surface area (TPSA) is 52.8 Å². The molecular formula is C20H17ClN4O. The summed E-state index contributed by atoms with van der Waals surface area (Å²) >= 11 is 6.17. The summed E-state index contributed by atoms with van der Waals surface area (Å²) in [6, 6.07) is 15.9. The summed E-state index contributed by atoms with van der Waals surface area (Å²) in [4.78, 5) is 4.21. The Balaban J connectivity index is 1.61. The van der Waals surface area contributed by atoms with Crippen LogP contribution in [0.4, 0.5) is 0 Å². The van der Waals surface area contributed by atoms with E-state index in [0.29, 0.717) is 10.9 Å². The predicted octanol–water partition coefficient (Wildman–Crippen LogP) is 4.92. The fraction of sp³-hybridized carbons (Fsp3) is 0.150. The molecule has 0 spiro atoms. The Morgan fingerprint density at radius 2 is 1.77 bits per heavy atom. The molecule has 0 fully saturated rings. The molecule has 0 bridgehead atoms. The number of hydrogen-bond acceptors (Lipinski definition) is 4. The highest BCUT2D eigenvalue weighted by atomic mass is 35.5. The lowest BCUT2D eigenvalue weighted by molar-refractivity contribution is 0.224. The molecule has 130 valence electrons. The second kappa shape index (κ2) is 6.77. The highest BCUT2D eigenvalue weighted by Crippen LogP contribution is 2.31. The third-order valence-corrected chi connectivity index (χ3v) is 4.54. The molecule has 2 aromatic heterocycles. The summed E-state index contributed by atoms with van der Waals surface area (Å²) in [5, 5.41) is 10.7. The van der Waals surface area contributed by atoms with Gasteiger partial charge >= 0.3 is 0 Å². The van der Waals surface area contributed by atoms with Crippen molar-refractivity contribution in [2.24, 2.45) is 0 Å². The van der Waals surface area contributed by atoms with Crippen LogP contribution in [-0.2, 0) is 0 Å². The summed E-state index contributed by atoms with van der Waals surface area (Å²) in [6.45, 7) is 3.99. The average molecular weight is 365 g/mol. The Labute approximate surface area is 156 Å². The van der Waals surface area contributed by atoms with Gasteiger partial charge in [-0.2, -0.15) is 0 Å². The summed E-state index contributed by atoms with van der Waals surface area (Å²) < 4.78 is 7.84. The standard InChI is InChI=1S/C20H17ClN4O/c1-13-7-9-15(10-8-13)25-12-18(23-24-25)14(2)26-19-11-22-20(21)17-6-4-3-5-16(17)19/h3-12,14H,1-2H3. The number of pyridine rings is 1. The maximum Gasteiger partial charge on any atom is 0.146 e. The minimum atomic E-state index is -0.277. The molecule has 0 N–H and O–H groups in total. The zero-order chi connectivity index (χ0) is 18.1. The number of aryl methyl sites for hydroxylation is 1. The van der Waals surface area contributed by atoms with Gasteiger partial charge in [0.2, 0.25) is 0 Å². The molecule has 2 aromatic carbocycles. The molecular weight excluding hydrogens is 348 g/mol. The lowest BCUT2D eigenvalue weighted by Crippen LogP contribution is -2.04. The molecule has 0 saturated heterocycles. The van der Waals surface area contributed by atoms with Crippen LogP contribution < -0.4 is 4.74 Å². The molecule has 0 amide bonds. The van der Waals surface area contributed by atoms with E-state index in [1.165, 1.54) is 5.56 Å². The van der Waals surface area contributed by atoms with Crippen molar-refractivity contribution in [2.45, 2.75) is 20.0 Å². The van der Waals surface area contributed by atoms with Crippen molar-refractivity contribution >= 4 is 22.4 Å². The van der Waals surface area contributed by atoms with E-state index in [1.54, 1.807) is 10.9 Å². The number of halogens is 1. The number of aromatic nitrogens is 4. The zero-order valence-electron chi connectivity index (χ0n) is 14.4. The van der Waals surface area contributed by atoms with Crippen molar-refractivity contribution in [3.8, 4) is 11.4 Å². The van der Waals surface area contributed by atoms with E-state index in [9.17, 15) is 0 Å². The minimum Gasteiger partial charge on any atom is -0.482 e. The number of benzene rings is 2. The molecule has 0 radical (unpaired) electrons. The average Bonchev–Trinajstić information content (AvgIpc) is 3.15. The lowest BCUT2D eigenvalue weighted by atomic mass is 10.1. The molecule has 0 aliphatic rings. The Morgan fingerprint density at radius 1 is 1.04 bits per heavy atom. The van der Waals surface area contributed by atoms with Crippen LogP contribution in [0.15, 0.2) is 60.9 Å². The zero-order valence-corrected chi connectivity index (χ0v) is 15.2. The number of fused-ring (bicyclic) bond motifs is 1. The molecule has 1 unspecified atom stereocenters. The van der Waals surface area contributed by atoms with Gasteiger partial charge in [-0.3, -0.25) is 0 Å². The Bertz CT molecular complexity index is 1060. The number of hydrogen-bond donors (Lipinski definition) is 0. The van der Waals surface area contributed by atoms with E-state index in [2.05, 4.69) is 22.2 Å². The molecule has 5 nitrogen and oxygen atoms in total. The molecule has 0 aliphatic heterocycles. The van der Waals surface area contributed by atoms with Gasteiger partial charge in [-0.25, -0.2) is 9.67 Å². The molecule has 4 aromatic rings. The van der Waals surface area contributed by atoms with E-state index in [-0.39, 0.29) is 6.10 Å². The van der Waals surface area contributed by atoms with Gasteiger partial charge in [-0.1, -0.05) is 58.8 Å². The van der Waals surface area contributed by atoms with Gasteiger partial charge in [0.15, 0.2) is 0 Å². The fourth-order valence-corrected chi connectivity index (χ4v) is 2.98. The monoisotopic (exact) mass is 364 g/mol. The van der Waals surface area contributed by atoms with E-state index >= 15 is 0 Å². The van der Waals surface area contributed by atoms with Crippen LogP contribution in [0.2, 0.25) is 5.15 Å². The molecule has 0 saturated carbocycles. The molecule has 6 heteroatoms. The molecule has 2 heterocycles. The first-order valence-corrected chi connectivity index (χ1v) is 8.69. The van der Waals surface area contributed by atoms with Gasteiger partial charge in [0.1, 0.15) is 22.7 Å². The first-order valence-electron chi connectivity index (χ1n) is 8.31. The summed E-state index contributed by atoms with van der Waals surface area (Å²) in [7, 11) is 0. The van der Waals surface area contributed by atoms with Crippen LogP contribution in [0, 0.1) is 6.92 Å². The first kappa shape index (κ1) is 16.5. The van der Waals surface area contributed by atoms with Crippen molar-refractivity contribution in [2.75, 3.05) is 0 Å². The van der Waals surface area contributed by atoms with E-state index < -0.39 is 0 Å². The predicted molar refractivity (Wildman–Crippen MR) is 102 cm³/mol. The van der Waals surface area contributed by atoms with Gasteiger partial charge in [0, 0.05) is 10.8 Å². The SMILES string of the molecule is Cc1ccc(-n2cc(C(C)Oc3cnc(Cl)c4ccccc34)nn2)cc1. The van der Waals surface area contributed by atoms with Crippen LogP contribution in [0.25, 0.3) is 16.5 Å². The second-order valence-corrected chi connectivity index (χ2v) is 6.50. The second-order valence-electron chi connectivity index (χ2n) is 6.14. The Kier molecular flexibility index (Phi) is 4.31. The van der Waals surface area contributed by atoms with Gasteiger partial charge in [-0.15, -0.1) is 5.10 Å². The van der Waals surface area contributed by atoms with Gasteiger partial charge in [0.05, 0.1) is 18.1 Å². The number of ether oxygens (including phenoxy) is 1. The highest BCUT2D eigenvalue weighted by Gasteiger charge is 2.15. The molecule has 26 heavy (non-hydrogen) atoms. The van der Waals surface area contributed by atoms with Crippen molar-refractivity contribution in [3.63, 3.8) is 0 Å². The first-order chi connectivity index (χ1) is 12.6. The van der Waals surface area contributed by atoms with E-state index in [0.717, 1.165) is 22.2 Å². The normalized spacial score (nSPS) is 12.3. The number of nitrogens with zero attached hydrogens (tertiary/aromatic N) is 4. The molecule has 4 rings (SSSR count). The summed E-state index contributed by atoms with van der Waals surface area (Å²) in [6.07, 6.45) is 3.24. The third kappa shape index (κ3) is 3.13. The smallest absolute Gasteiger partial charge is 0.146 e. The van der Waals surface area contributed by atoms with Gasteiger partial charge in [0.25, 0.3) is 0 Å². The van der Waals surface area contributed by atoms with Gasteiger partial charge in [-0.05, 0) is 26.0 Å². The van der Waals surface area contributed by atoms with Crippen molar-refractivity contribution in [1.82, 2.24) is 20.0 Å². The third-order valence-electron chi connectivity index (χ3n) is 4.24. The molecule has 1 atom stereocenters. The van der Waals surface area contributed by atoms with Crippen LogP contribution in [0.1, 0.15) is 24.3 Å². The maximum absolute atomic E-state index is 6.17. The van der Waals surface area contributed by atoms with E-state index in [4.69, 9.17) is 16.3 Å². The quantitative estimate of drug-likeness (QED) is 0.482. The van der Waals surface area contributed by atoms with Crippen molar-refractivity contribution in [3.05, 3.63) is 77.3 Å². The Hall–Kier alpha value is -2.92. The highest BCUT2D eigenvalue weighted by molar-refractivity contribution is 6.34. The van der Waals surface area contributed by atoms with Gasteiger partial charge < -0.3 is 4.74 Å². The maximum atomic E-state index is 6.17. The van der Waals surface area contributed by atoms with Crippen LogP contribution in [-0.4, -0.2) is 20.0 Å². The van der Waals surface area contributed by atoms with Crippen molar-refractivity contribution in [1.29, 1.82) is 0 Å². The summed E-state index contributed by atoms with van der Waals surface area (Å²) in [5.41, 5.74) is 2.90. The minimum absolute atomic E-state index is 0.277. The fourth-order valence-electron chi connectivity index (χ4n) is 2.76. The van der Waals surface area contributed by atoms with Crippen LogP contribution >= 0.6 is 11.6 Å². The van der Waals surface area contributed by atoms with Crippen LogP contribution in [0.5, 0.6) is 5.75 Å². The van der Waals surface area contributed by atoms with E-state index in [1.807, 2.05) is 61.7 Å². The lowest BCUT2D eigenvalue weighted by Gasteiger charge is -2.14. The molecule has 0 aliphatic carbocycles. The summed E-state index contributed by atoms with van der Waals surface area (Å²) in [5.74, 6) is 0.669. The Morgan fingerprint density at radius 3 is 2.54 bits per heavy atom. The number of rotatable bonds is 4.